The molecule has 1 aromatic rings. The van der Waals surface area contributed by atoms with Crippen LogP contribution in [0.25, 0.3) is 0 Å². The van der Waals surface area contributed by atoms with Gasteiger partial charge in [0.2, 0.25) is 0 Å². The van der Waals surface area contributed by atoms with Crippen molar-refractivity contribution in [2.24, 2.45) is 5.92 Å². The Morgan fingerprint density at radius 1 is 1.47 bits per heavy atom. The fraction of sp³-hybridized carbons (Fsp3) is 0.600. The maximum absolute atomic E-state index is 11.1. The van der Waals surface area contributed by atoms with Gasteiger partial charge < -0.3 is 9.84 Å². The number of carboxylic acids is 1. The third kappa shape index (κ3) is 5.10. The van der Waals surface area contributed by atoms with Gasteiger partial charge in [-0.05, 0) is 12.3 Å². The van der Waals surface area contributed by atoms with Crippen LogP contribution in [0.5, 0.6) is 0 Å². The van der Waals surface area contributed by atoms with E-state index >= 15 is 0 Å². The number of nitrogens with zero attached hydrogens (tertiary/aromatic N) is 3. The molecule has 0 aliphatic rings. The second-order valence-electron chi connectivity index (χ2n) is 3.69. The van der Waals surface area contributed by atoms with Crippen LogP contribution in [-0.2, 0) is 20.9 Å². The molecule has 0 aliphatic carbocycles. The van der Waals surface area contributed by atoms with Crippen molar-refractivity contribution in [2.45, 2.75) is 25.8 Å². The molecule has 1 heterocycles. The molecule has 1 unspecified atom stereocenters. The van der Waals surface area contributed by atoms with Gasteiger partial charge in [0.25, 0.3) is 0 Å². The number of hydrogen-bond donors (Lipinski definition) is 1. The van der Waals surface area contributed by atoms with Gasteiger partial charge in [-0.3, -0.25) is 14.3 Å². The Hall–Kier alpha value is -1.92. The average Bonchev–Trinajstić information content (AvgIpc) is 2.77. The van der Waals surface area contributed by atoms with Crippen molar-refractivity contribution < 1.29 is 19.4 Å². The van der Waals surface area contributed by atoms with Crippen molar-refractivity contribution in [3.05, 3.63) is 12.7 Å². The van der Waals surface area contributed by atoms with Crippen LogP contribution in [-0.4, -0.2) is 38.9 Å². The average molecular weight is 241 g/mol. The van der Waals surface area contributed by atoms with Gasteiger partial charge in [0.15, 0.2) is 0 Å². The number of aryl methyl sites for hydroxylation is 1. The zero-order valence-electron chi connectivity index (χ0n) is 9.57. The minimum atomic E-state index is -0.919. The first-order valence-corrected chi connectivity index (χ1v) is 5.23. The third-order valence-corrected chi connectivity index (χ3v) is 2.38. The lowest BCUT2D eigenvalue weighted by Crippen LogP contribution is -2.16. The first kappa shape index (κ1) is 13.1. The highest BCUT2D eigenvalue weighted by molar-refractivity contribution is 5.72. The maximum atomic E-state index is 11.1. The van der Waals surface area contributed by atoms with E-state index in [2.05, 4.69) is 14.8 Å². The van der Waals surface area contributed by atoms with E-state index in [1.807, 2.05) is 0 Å². The lowest BCUT2D eigenvalue weighted by Gasteiger charge is -2.12. The first-order chi connectivity index (χ1) is 8.11. The van der Waals surface area contributed by atoms with E-state index in [1.54, 1.807) is 11.0 Å². The van der Waals surface area contributed by atoms with Gasteiger partial charge in [-0.25, -0.2) is 4.98 Å². The summed E-state index contributed by atoms with van der Waals surface area (Å²) in [6.45, 7) is 0.537. The summed E-state index contributed by atoms with van der Waals surface area (Å²) in [5, 5.41) is 12.6. The van der Waals surface area contributed by atoms with E-state index in [4.69, 9.17) is 5.11 Å². The minimum absolute atomic E-state index is 0.0518. The van der Waals surface area contributed by atoms with E-state index in [-0.39, 0.29) is 18.8 Å². The molecular weight excluding hydrogens is 226 g/mol. The molecular formula is C10H15N3O4. The highest BCUT2D eigenvalue weighted by atomic mass is 16.5. The molecule has 94 valence electrons. The number of esters is 1. The van der Waals surface area contributed by atoms with E-state index in [1.165, 1.54) is 13.4 Å². The molecule has 1 atom stereocenters. The smallest absolute Gasteiger partial charge is 0.305 e. The molecule has 1 N–H and O–H groups in total. The van der Waals surface area contributed by atoms with Crippen molar-refractivity contribution in [3.8, 4) is 0 Å². The first-order valence-electron chi connectivity index (χ1n) is 5.23. The molecule has 1 rings (SSSR count). The Morgan fingerprint density at radius 3 is 2.76 bits per heavy atom. The number of carbonyl (C=O) groups excluding carboxylic acids is 1. The molecule has 0 radical (unpaired) electrons. The summed E-state index contributed by atoms with van der Waals surface area (Å²) in [6.07, 6.45) is 3.56. The predicted octanol–water partition coefficient (Wildman–Crippen LogP) is 0.322. The summed E-state index contributed by atoms with van der Waals surface area (Å²) in [5.41, 5.74) is 0. The standard InChI is InChI=1S/C10H15N3O4/c1-17-10(16)5-8(4-9(14)15)2-3-13-7-11-6-12-13/h6-8H,2-5H2,1H3,(H,14,15). The van der Waals surface area contributed by atoms with Gasteiger partial charge in [0.05, 0.1) is 7.11 Å². The molecule has 0 saturated heterocycles. The number of aromatic nitrogens is 3. The maximum Gasteiger partial charge on any atom is 0.305 e. The van der Waals surface area contributed by atoms with Gasteiger partial charge in [0.1, 0.15) is 12.7 Å². The van der Waals surface area contributed by atoms with E-state index in [0.29, 0.717) is 13.0 Å². The summed E-state index contributed by atoms with van der Waals surface area (Å²) >= 11 is 0. The van der Waals surface area contributed by atoms with Crippen LogP contribution in [0, 0.1) is 5.92 Å². The molecule has 0 amide bonds. The number of carbonyl (C=O) groups is 2. The highest BCUT2D eigenvalue weighted by Crippen LogP contribution is 2.15. The van der Waals surface area contributed by atoms with Gasteiger partial charge >= 0.3 is 11.9 Å². The molecule has 0 fully saturated rings. The highest BCUT2D eigenvalue weighted by Gasteiger charge is 2.17. The fourth-order valence-electron chi connectivity index (χ4n) is 1.51. The third-order valence-electron chi connectivity index (χ3n) is 2.38. The molecule has 7 nitrogen and oxygen atoms in total. The van der Waals surface area contributed by atoms with Crippen LogP contribution in [0.3, 0.4) is 0 Å². The molecule has 0 aliphatic heterocycles. The molecule has 0 spiro atoms. The normalized spacial score (nSPS) is 12.1. The Kier molecular flexibility index (Phi) is 5.12. The lowest BCUT2D eigenvalue weighted by atomic mass is 9.97. The van der Waals surface area contributed by atoms with Crippen molar-refractivity contribution in [3.63, 3.8) is 0 Å². The Morgan fingerprint density at radius 2 is 2.24 bits per heavy atom. The number of rotatable bonds is 7. The molecule has 7 heteroatoms. The van der Waals surface area contributed by atoms with Crippen molar-refractivity contribution in [2.75, 3.05) is 7.11 Å². The quantitative estimate of drug-likeness (QED) is 0.691. The minimum Gasteiger partial charge on any atom is -0.481 e. The topological polar surface area (TPSA) is 94.3 Å². The van der Waals surface area contributed by atoms with Crippen LogP contribution in [0.1, 0.15) is 19.3 Å². The van der Waals surface area contributed by atoms with Gasteiger partial charge in [-0.1, -0.05) is 0 Å². The van der Waals surface area contributed by atoms with Crippen molar-refractivity contribution >= 4 is 11.9 Å². The monoisotopic (exact) mass is 241 g/mol. The van der Waals surface area contributed by atoms with Crippen molar-refractivity contribution in [1.29, 1.82) is 0 Å². The second kappa shape index (κ2) is 6.62. The zero-order valence-corrected chi connectivity index (χ0v) is 9.57. The number of hydrogen-bond acceptors (Lipinski definition) is 5. The Bertz CT molecular complexity index is 364. The molecule has 17 heavy (non-hydrogen) atoms. The van der Waals surface area contributed by atoms with E-state index in [0.717, 1.165) is 0 Å². The Labute approximate surface area is 98.4 Å². The fourth-order valence-corrected chi connectivity index (χ4v) is 1.51. The summed E-state index contributed by atoms with van der Waals surface area (Å²) in [5.74, 6) is -1.56. The van der Waals surface area contributed by atoms with Gasteiger partial charge in [-0.15, -0.1) is 0 Å². The van der Waals surface area contributed by atoms with Gasteiger partial charge in [-0.2, -0.15) is 5.10 Å². The summed E-state index contributed by atoms with van der Waals surface area (Å²) < 4.78 is 6.14. The van der Waals surface area contributed by atoms with Crippen LogP contribution in [0.2, 0.25) is 0 Å². The van der Waals surface area contributed by atoms with E-state index < -0.39 is 11.9 Å². The Balaban J connectivity index is 2.45. The van der Waals surface area contributed by atoms with Crippen LogP contribution in [0.4, 0.5) is 0 Å². The summed E-state index contributed by atoms with van der Waals surface area (Å²) in [4.78, 5) is 25.6. The summed E-state index contributed by atoms with van der Waals surface area (Å²) in [7, 11) is 1.29. The number of carboxylic acid groups (broad SMARTS) is 1. The predicted molar refractivity (Wildman–Crippen MR) is 57.0 cm³/mol. The number of aliphatic carboxylic acids is 1. The zero-order chi connectivity index (χ0) is 12.7. The molecule has 0 bridgehead atoms. The van der Waals surface area contributed by atoms with Crippen LogP contribution >= 0.6 is 0 Å². The SMILES string of the molecule is COC(=O)CC(CCn1cncn1)CC(=O)O. The summed E-state index contributed by atoms with van der Waals surface area (Å²) in [6, 6.07) is 0. The lowest BCUT2D eigenvalue weighted by molar-refractivity contribution is -0.143. The number of methoxy groups -OCH3 is 1. The molecule has 1 aromatic heterocycles. The molecule has 0 saturated carbocycles. The number of ether oxygens (including phenoxy) is 1. The van der Waals surface area contributed by atoms with Crippen LogP contribution in [0.15, 0.2) is 12.7 Å². The van der Waals surface area contributed by atoms with Gasteiger partial charge in [0, 0.05) is 19.4 Å². The second-order valence-corrected chi connectivity index (χ2v) is 3.69. The van der Waals surface area contributed by atoms with E-state index in [9.17, 15) is 9.59 Å². The van der Waals surface area contributed by atoms with Crippen molar-refractivity contribution in [1.82, 2.24) is 14.8 Å². The largest absolute Gasteiger partial charge is 0.481 e. The van der Waals surface area contributed by atoms with Crippen LogP contribution < -0.4 is 0 Å². The molecule has 0 aromatic carbocycles.